The number of aliphatic carboxylic acids is 1. The molecule has 4 unspecified atom stereocenters. The first-order valence-electron chi connectivity index (χ1n) is 13.5. The van der Waals surface area contributed by atoms with Crippen LogP contribution in [0.4, 0.5) is 0 Å². The highest BCUT2D eigenvalue weighted by molar-refractivity contribution is 9.09. The van der Waals surface area contributed by atoms with Crippen molar-refractivity contribution in [3.8, 4) is 23.3 Å². The molecule has 2 aromatic rings. The molecule has 0 bridgehead atoms. The number of benzene rings is 2. The molecule has 1 aliphatic heterocycles. The van der Waals surface area contributed by atoms with Crippen LogP contribution in [-0.2, 0) is 9.59 Å². The summed E-state index contributed by atoms with van der Waals surface area (Å²) in [6.45, 7) is 5.86. The Morgan fingerprint density at radius 2 is 1.90 bits per heavy atom. The van der Waals surface area contributed by atoms with E-state index in [1.165, 1.54) is 0 Å². The summed E-state index contributed by atoms with van der Waals surface area (Å²) >= 11 is 3.57. The molecule has 0 radical (unpaired) electrons. The third kappa shape index (κ3) is 6.56. The van der Waals surface area contributed by atoms with Gasteiger partial charge in [-0.05, 0) is 78.4 Å². The molecule has 2 aliphatic rings. The van der Waals surface area contributed by atoms with Crippen LogP contribution in [0.2, 0.25) is 0 Å². The van der Waals surface area contributed by atoms with Crippen molar-refractivity contribution in [2.24, 2.45) is 16.8 Å². The summed E-state index contributed by atoms with van der Waals surface area (Å²) in [5, 5.41) is 18.4. The molecule has 1 aliphatic carbocycles. The topological polar surface area (TPSA) is 118 Å². The number of ketones is 1. The summed E-state index contributed by atoms with van der Waals surface area (Å²) < 4.78 is 17.3. The SMILES string of the molecule is CCCC1CC(=O)C2=C(C1)N=C(C)C(C#N)C2c1ccc(OC(Br)c2ccc(OCC(=O)O)cc2)c(OCC)c1. The molecule has 0 saturated heterocycles. The molecular weight excluding hydrogens is 576 g/mol. The van der Waals surface area contributed by atoms with Gasteiger partial charge in [0.05, 0.1) is 18.6 Å². The minimum absolute atomic E-state index is 0.0794. The normalized spacial score (nSPS) is 21.1. The number of nitriles is 1. The molecule has 0 saturated carbocycles. The van der Waals surface area contributed by atoms with Crippen molar-refractivity contribution in [2.45, 2.75) is 57.4 Å². The Kier molecular flexibility index (Phi) is 9.64. The number of allylic oxidation sites excluding steroid dienone is 2. The number of carbonyl (C=O) groups excluding carboxylic acids is 1. The van der Waals surface area contributed by atoms with Gasteiger partial charge in [-0.3, -0.25) is 9.79 Å². The maximum absolute atomic E-state index is 13.4. The number of hydrogen-bond donors (Lipinski definition) is 1. The zero-order valence-electron chi connectivity index (χ0n) is 22.9. The van der Waals surface area contributed by atoms with Gasteiger partial charge in [-0.25, -0.2) is 4.79 Å². The highest BCUT2D eigenvalue weighted by Gasteiger charge is 2.41. The number of hydrogen-bond acceptors (Lipinski definition) is 7. The van der Waals surface area contributed by atoms with Crippen molar-refractivity contribution in [3.05, 3.63) is 64.9 Å². The number of Topliss-reactive ketones (excluding diaryl/α,β-unsaturated/α-hetero) is 1. The lowest BCUT2D eigenvalue weighted by atomic mass is 9.70. The highest BCUT2D eigenvalue weighted by Crippen LogP contribution is 2.47. The first-order valence-corrected chi connectivity index (χ1v) is 14.4. The van der Waals surface area contributed by atoms with E-state index in [0.717, 1.165) is 41.8 Å². The lowest BCUT2D eigenvalue weighted by Gasteiger charge is -2.35. The van der Waals surface area contributed by atoms with Gasteiger partial charge < -0.3 is 19.3 Å². The van der Waals surface area contributed by atoms with Crippen LogP contribution in [0, 0.1) is 23.2 Å². The summed E-state index contributed by atoms with van der Waals surface area (Å²) in [6, 6.07) is 14.9. The fourth-order valence-electron chi connectivity index (χ4n) is 5.40. The van der Waals surface area contributed by atoms with E-state index < -0.39 is 29.4 Å². The molecule has 8 nitrogen and oxygen atoms in total. The average Bonchev–Trinajstić information content (AvgIpc) is 2.92. The minimum atomic E-state index is -1.05. The number of carboxylic acids is 1. The summed E-state index contributed by atoms with van der Waals surface area (Å²) in [4.78, 5) is 28.9. The number of alkyl halides is 1. The first kappa shape index (κ1) is 29.3. The third-order valence-corrected chi connectivity index (χ3v) is 7.89. The van der Waals surface area contributed by atoms with E-state index in [4.69, 9.17) is 24.3 Å². The molecular formula is C31H33BrN2O6. The Hall–Kier alpha value is -3.64. The van der Waals surface area contributed by atoms with Crippen LogP contribution in [0.25, 0.3) is 0 Å². The standard InChI is InChI=1S/C31H33BrN2O6/c1-4-6-19-13-24-30(25(35)14-19)29(23(16-33)18(3)34-24)21-9-12-26(27(15-21)38-5-2)40-31(32)20-7-10-22(11-8-20)39-17-28(36)37/h7-12,15,19,23,29,31H,4-6,13-14,17H2,1-3H3,(H,36,37). The average molecular weight is 610 g/mol. The molecule has 0 fully saturated rings. The van der Waals surface area contributed by atoms with Crippen LogP contribution in [0.15, 0.2) is 58.7 Å². The lowest BCUT2D eigenvalue weighted by Crippen LogP contribution is -2.32. The molecule has 210 valence electrons. The minimum Gasteiger partial charge on any atom is -0.490 e. The van der Waals surface area contributed by atoms with Crippen molar-refractivity contribution in [3.63, 3.8) is 0 Å². The predicted octanol–water partition coefficient (Wildman–Crippen LogP) is 6.75. The third-order valence-electron chi connectivity index (χ3n) is 7.17. The lowest BCUT2D eigenvalue weighted by molar-refractivity contribution is -0.139. The molecule has 40 heavy (non-hydrogen) atoms. The van der Waals surface area contributed by atoms with Crippen LogP contribution in [-0.4, -0.2) is 35.8 Å². The summed E-state index contributed by atoms with van der Waals surface area (Å²) in [5.74, 6) is -0.189. The second-order valence-corrected chi connectivity index (χ2v) is 10.8. The van der Waals surface area contributed by atoms with E-state index in [0.29, 0.717) is 35.8 Å². The second-order valence-electron chi connectivity index (χ2n) is 10.0. The van der Waals surface area contributed by atoms with E-state index in [1.807, 2.05) is 32.0 Å². The Morgan fingerprint density at radius 3 is 2.55 bits per heavy atom. The highest BCUT2D eigenvalue weighted by atomic mass is 79.9. The van der Waals surface area contributed by atoms with Crippen LogP contribution < -0.4 is 14.2 Å². The van der Waals surface area contributed by atoms with Gasteiger partial charge in [0, 0.05) is 34.9 Å². The zero-order valence-corrected chi connectivity index (χ0v) is 24.4. The van der Waals surface area contributed by atoms with Crippen molar-refractivity contribution in [1.82, 2.24) is 0 Å². The van der Waals surface area contributed by atoms with Gasteiger partial charge in [-0.2, -0.15) is 5.26 Å². The fourth-order valence-corrected chi connectivity index (χ4v) is 5.91. The van der Waals surface area contributed by atoms with Crippen molar-refractivity contribution in [1.29, 1.82) is 5.26 Å². The Bertz CT molecular complexity index is 1360. The number of carbonyl (C=O) groups is 2. The number of aliphatic imine (C=N–C) groups is 1. The monoisotopic (exact) mass is 608 g/mol. The molecule has 4 rings (SSSR count). The van der Waals surface area contributed by atoms with Crippen molar-refractivity contribution in [2.75, 3.05) is 13.2 Å². The van der Waals surface area contributed by atoms with Crippen molar-refractivity contribution < 1.29 is 28.9 Å². The van der Waals surface area contributed by atoms with Crippen LogP contribution >= 0.6 is 15.9 Å². The predicted molar refractivity (Wildman–Crippen MR) is 154 cm³/mol. The molecule has 9 heteroatoms. The Labute approximate surface area is 242 Å². The summed E-state index contributed by atoms with van der Waals surface area (Å²) in [7, 11) is 0. The second kappa shape index (κ2) is 13.1. The van der Waals surface area contributed by atoms with Crippen LogP contribution in [0.5, 0.6) is 17.2 Å². The molecule has 0 spiro atoms. The maximum Gasteiger partial charge on any atom is 0.341 e. The van der Waals surface area contributed by atoms with E-state index in [9.17, 15) is 14.9 Å². The van der Waals surface area contributed by atoms with Gasteiger partial charge in [0.15, 0.2) is 28.9 Å². The summed E-state index contributed by atoms with van der Waals surface area (Å²) in [5.41, 5.74) is 3.81. The smallest absolute Gasteiger partial charge is 0.341 e. The van der Waals surface area contributed by atoms with Gasteiger partial charge in [-0.1, -0.05) is 31.5 Å². The van der Waals surface area contributed by atoms with Gasteiger partial charge in [0.1, 0.15) is 5.75 Å². The van der Waals surface area contributed by atoms with Gasteiger partial charge in [0.25, 0.3) is 0 Å². The number of ether oxygens (including phenoxy) is 3. The number of rotatable bonds is 11. The Morgan fingerprint density at radius 1 is 1.15 bits per heavy atom. The van der Waals surface area contributed by atoms with Gasteiger partial charge >= 0.3 is 5.97 Å². The largest absolute Gasteiger partial charge is 0.490 e. The number of carboxylic acid groups (broad SMARTS) is 1. The van der Waals surface area contributed by atoms with Crippen LogP contribution in [0.3, 0.4) is 0 Å². The Balaban J connectivity index is 1.62. The fraction of sp³-hybridized carbons (Fsp3) is 0.419. The molecule has 0 aromatic heterocycles. The summed E-state index contributed by atoms with van der Waals surface area (Å²) in [6.07, 6.45) is 3.24. The van der Waals surface area contributed by atoms with E-state index in [-0.39, 0.29) is 11.7 Å². The number of nitrogens with zero attached hydrogens (tertiary/aromatic N) is 2. The van der Waals surface area contributed by atoms with Crippen molar-refractivity contribution >= 4 is 33.4 Å². The zero-order chi connectivity index (χ0) is 28.8. The van der Waals surface area contributed by atoms with Gasteiger partial charge in [-0.15, -0.1) is 0 Å². The molecule has 0 amide bonds. The molecule has 1 N–H and O–H groups in total. The quantitative estimate of drug-likeness (QED) is 0.280. The molecule has 4 atom stereocenters. The van der Waals surface area contributed by atoms with Crippen LogP contribution in [0.1, 0.15) is 68.5 Å². The molecule has 1 heterocycles. The van der Waals surface area contributed by atoms with E-state index in [1.54, 1.807) is 24.3 Å². The van der Waals surface area contributed by atoms with E-state index in [2.05, 4.69) is 28.9 Å². The first-order chi connectivity index (χ1) is 19.2. The molecule has 2 aromatic carbocycles. The van der Waals surface area contributed by atoms with E-state index >= 15 is 0 Å². The maximum atomic E-state index is 13.4. The number of halogens is 1. The van der Waals surface area contributed by atoms with Gasteiger partial charge in [0.2, 0.25) is 0 Å².